The van der Waals surface area contributed by atoms with E-state index < -0.39 is 6.10 Å². The Hall–Kier alpha value is -4.97. The molecule has 0 saturated carbocycles. The summed E-state index contributed by atoms with van der Waals surface area (Å²) >= 11 is 0. The maximum absolute atomic E-state index is 12.9. The highest BCUT2D eigenvalue weighted by Gasteiger charge is 2.19. The van der Waals surface area contributed by atoms with Crippen molar-refractivity contribution < 1.29 is 28.6 Å². The van der Waals surface area contributed by atoms with Crippen LogP contribution in [0.15, 0.2) is 158 Å². The maximum atomic E-state index is 12.9. The molecule has 0 amide bonds. The normalized spacial score (nSPS) is 13.1. The Labute approximate surface area is 511 Å². The second-order valence-corrected chi connectivity index (χ2v) is 22.0. The summed E-state index contributed by atoms with van der Waals surface area (Å²) in [5.41, 5.74) is 0. The third kappa shape index (κ3) is 67.7. The summed E-state index contributed by atoms with van der Waals surface area (Å²) in [5, 5.41) is 0. The van der Waals surface area contributed by atoms with Gasteiger partial charge >= 0.3 is 17.9 Å². The number of allylic oxidation sites excluding steroid dienone is 26. The minimum Gasteiger partial charge on any atom is -0.462 e. The first-order valence-electron chi connectivity index (χ1n) is 34.0. The molecule has 1 unspecified atom stereocenters. The van der Waals surface area contributed by atoms with E-state index in [-0.39, 0.29) is 37.5 Å². The number of carbonyl (C=O) groups excluding carboxylic acids is 3. The Kier molecular flexibility index (Phi) is 65.4. The van der Waals surface area contributed by atoms with Gasteiger partial charge in [-0.25, -0.2) is 0 Å². The maximum Gasteiger partial charge on any atom is 0.306 e. The Morgan fingerprint density at radius 3 is 0.795 bits per heavy atom. The van der Waals surface area contributed by atoms with E-state index >= 15 is 0 Å². The van der Waals surface area contributed by atoms with Crippen LogP contribution in [-0.2, 0) is 28.6 Å². The van der Waals surface area contributed by atoms with Crippen molar-refractivity contribution in [1.29, 1.82) is 0 Å². The van der Waals surface area contributed by atoms with Crippen LogP contribution >= 0.6 is 0 Å². The molecule has 0 saturated heterocycles. The molecule has 0 rings (SSSR count). The highest BCUT2D eigenvalue weighted by molar-refractivity contribution is 5.71. The summed E-state index contributed by atoms with van der Waals surface area (Å²) in [4.78, 5) is 38.4. The zero-order valence-electron chi connectivity index (χ0n) is 53.7. The number of ether oxygens (including phenoxy) is 3. The van der Waals surface area contributed by atoms with E-state index in [0.29, 0.717) is 19.3 Å². The van der Waals surface area contributed by atoms with Gasteiger partial charge in [-0.3, -0.25) is 14.4 Å². The van der Waals surface area contributed by atoms with Crippen LogP contribution in [0.25, 0.3) is 0 Å². The molecule has 0 N–H and O–H groups in total. The van der Waals surface area contributed by atoms with Crippen molar-refractivity contribution in [3.63, 3.8) is 0 Å². The third-order valence-electron chi connectivity index (χ3n) is 14.0. The molecular formula is C77H124O6. The van der Waals surface area contributed by atoms with Crippen LogP contribution in [-0.4, -0.2) is 37.2 Å². The standard InChI is InChI=1S/C77H124O6/c1-4-7-10-13-16-19-22-25-28-31-33-34-35-36-37-38-39-40-41-42-44-46-49-52-55-58-61-64-67-70-76(79)82-73-74(72-81-75(78)69-66-63-60-57-54-51-48-45-30-27-24-21-18-15-12-9-6-3)83-77(80)71-68-65-62-59-56-53-50-47-43-32-29-26-23-20-17-14-11-8-5-2/h7,9-10,12,16,18-19,21,25-30,33-34,36-37,39-40,42,44,49,52,58,61,74H,4-6,8,11,13-15,17,20,22-24,31-32,35,38,41,43,45-48,50-51,53-57,59-60,62-73H2,1-3H3/b10-7-,12-9-,19-16-,21-18-,28-25-,29-26-,30-27-,34-33-,37-36-,40-39-,44-42-,52-49-,61-58-. The van der Waals surface area contributed by atoms with Gasteiger partial charge in [0.05, 0.1) is 0 Å². The Balaban J connectivity index is 4.49. The summed E-state index contributed by atoms with van der Waals surface area (Å²) < 4.78 is 16.9. The van der Waals surface area contributed by atoms with Crippen molar-refractivity contribution in [2.75, 3.05) is 13.2 Å². The molecule has 83 heavy (non-hydrogen) atoms. The summed E-state index contributed by atoms with van der Waals surface area (Å²) in [6, 6.07) is 0. The van der Waals surface area contributed by atoms with Gasteiger partial charge in [-0.05, 0) is 141 Å². The Morgan fingerprint density at radius 2 is 0.482 bits per heavy atom. The van der Waals surface area contributed by atoms with E-state index in [4.69, 9.17) is 14.2 Å². The highest BCUT2D eigenvalue weighted by Crippen LogP contribution is 2.15. The second kappa shape index (κ2) is 69.5. The van der Waals surface area contributed by atoms with E-state index in [9.17, 15) is 14.4 Å². The highest BCUT2D eigenvalue weighted by atomic mass is 16.6. The van der Waals surface area contributed by atoms with Gasteiger partial charge in [-0.15, -0.1) is 0 Å². The van der Waals surface area contributed by atoms with Crippen LogP contribution < -0.4 is 0 Å². The lowest BCUT2D eigenvalue weighted by atomic mass is 10.1. The van der Waals surface area contributed by atoms with Gasteiger partial charge < -0.3 is 14.2 Å². The monoisotopic (exact) mass is 1140 g/mol. The van der Waals surface area contributed by atoms with Crippen molar-refractivity contribution in [3.05, 3.63) is 158 Å². The molecule has 0 aliphatic rings. The van der Waals surface area contributed by atoms with Crippen molar-refractivity contribution >= 4 is 17.9 Å². The van der Waals surface area contributed by atoms with Crippen LogP contribution in [0.2, 0.25) is 0 Å². The quantitative estimate of drug-likeness (QED) is 0.0261. The topological polar surface area (TPSA) is 78.9 Å². The number of hydrogen-bond acceptors (Lipinski definition) is 6. The molecule has 0 aliphatic heterocycles. The number of unbranched alkanes of at least 4 members (excludes halogenated alkanes) is 23. The molecule has 0 radical (unpaired) electrons. The van der Waals surface area contributed by atoms with Crippen LogP contribution in [0.4, 0.5) is 0 Å². The van der Waals surface area contributed by atoms with E-state index in [1.165, 1.54) is 116 Å². The number of rotatable bonds is 60. The minimum atomic E-state index is -0.816. The molecule has 0 bridgehead atoms. The molecule has 0 aliphatic carbocycles. The van der Waals surface area contributed by atoms with Crippen molar-refractivity contribution in [1.82, 2.24) is 0 Å². The first-order chi connectivity index (χ1) is 41.0. The molecule has 0 fully saturated rings. The van der Waals surface area contributed by atoms with Crippen LogP contribution in [0, 0.1) is 0 Å². The molecule has 6 heteroatoms. The fourth-order valence-electron chi connectivity index (χ4n) is 8.98. The van der Waals surface area contributed by atoms with E-state index in [1.807, 2.05) is 0 Å². The summed E-state index contributed by atoms with van der Waals surface area (Å²) in [7, 11) is 0. The number of esters is 3. The van der Waals surface area contributed by atoms with Crippen LogP contribution in [0.3, 0.4) is 0 Å². The predicted octanol–water partition coefficient (Wildman–Crippen LogP) is 23.7. The molecule has 0 aromatic heterocycles. The third-order valence-corrected chi connectivity index (χ3v) is 14.0. The fraction of sp³-hybridized carbons (Fsp3) is 0.623. The van der Waals surface area contributed by atoms with Crippen molar-refractivity contribution in [3.8, 4) is 0 Å². The molecule has 0 aromatic rings. The van der Waals surface area contributed by atoms with E-state index in [1.54, 1.807) is 0 Å². The number of carbonyl (C=O) groups is 3. The molecule has 0 heterocycles. The average Bonchev–Trinajstić information content (AvgIpc) is 3.49. The van der Waals surface area contributed by atoms with Gasteiger partial charge in [-0.1, -0.05) is 288 Å². The fourth-order valence-corrected chi connectivity index (χ4v) is 8.98. The number of hydrogen-bond donors (Lipinski definition) is 0. The zero-order valence-corrected chi connectivity index (χ0v) is 53.7. The lowest BCUT2D eigenvalue weighted by molar-refractivity contribution is -0.167. The smallest absolute Gasteiger partial charge is 0.306 e. The SMILES string of the molecule is CC/C=C\C/C=C\C/C=C\C/C=C\C/C=C\C/C=C\C/C=C\C/C=C\C/C=C\CCCC(=O)OCC(COC(=O)CCCCCCCCC/C=C\C/C=C\C/C=C\CC)OC(=O)CCCCCCCCCCC/C=C\CCCCCCCC. The van der Waals surface area contributed by atoms with E-state index in [0.717, 1.165) is 128 Å². The van der Waals surface area contributed by atoms with Crippen molar-refractivity contribution in [2.45, 2.75) is 297 Å². The van der Waals surface area contributed by atoms with Gasteiger partial charge in [0.15, 0.2) is 6.10 Å². The molecule has 468 valence electrons. The first kappa shape index (κ1) is 78.0. The van der Waals surface area contributed by atoms with Gasteiger partial charge in [0.1, 0.15) is 13.2 Å². The summed E-state index contributed by atoms with van der Waals surface area (Å²) in [6.45, 7) is 6.37. The molecule has 1 atom stereocenters. The molecule has 6 nitrogen and oxygen atoms in total. The second-order valence-electron chi connectivity index (χ2n) is 22.0. The van der Waals surface area contributed by atoms with Gasteiger partial charge in [0.25, 0.3) is 0 Å². The van der Waals surface area contributed by atoms with Gasteiger partial charge in [0, 0.05) is 19.3 Å². The summed E-state index contributed by atoms with van der Waals surface area (Å²) in [6.07, 6.45) is 101. The minimum absolute atomic E-state index is 0.107. The largest absolute Gasteiger partial charge is 0.462 e. The van der Waals surface area contributed by atoms with Crippen LogP contribution in [0.1, 0.15) is 290 Å². The van der Waals surface area contributed by atoms with Crippen molar-refractivity contribution in [2.24, 2.45) is 0 Å². The molecule has 0 spiro atoms. The van der Waals surface area contributed by atoms with E-state index in [2.05, 4.69) is 179 Å². The lowest BCUT2D eigenvalue weighted by Gasteiger charge is -2.18. The summed E-state index contributed by atoms with van der Waals surface area (Å²) in [5.74, 6) is -0.979. The van der Waals surface area contributed by atoms with Gasteiger partial charge in [-0.2, -0.15) is 0 Å². The zero-order chi connectivity index (χ0) is 59.9. The first-order valence-corrected chi connectivity index (χ1v) is 34.0. The Bertz CT molecular complexity index is 1840. The Morgan fingerprint density at radius 1 is 0.253 bits per heavy atom. The lowest BCUT2D eigenvalue weighted by Crippen LogP contribution is -2.30. The predicted molar refractivity (Wildman–Crippen MR) is 362 cm³/mol. The molecular weight excluding hydrogens is 1020 g/mol. The average molecular weight is 1150 g/mol. The molecule has 0 aromatic carbocycles. The van der Waals surface area contributed by atoms with Crippen LogP contribution in [0.5, 0.6) is 0 Å². The van der Waals surface area contributed by atoms with Gasteiger partial charge in [0.2, 0.25) is 0 Å².